The lowest BCUT2D eigenvalue weighted by molar-refractivity contribution is -0.0917. The van der Waals surface area contributed by atoms with E-state index in [-0.39, 0.29) is 11.4 Å². The highest BCUT2D eigenvalue weighted by atomic mass is 79.9. The average Bonchev–Trinajstić information content (AvgIpc) is 2.21. The number of ether oxygens (including phenoxy) is 1. The van der Waals surface area contributed by atoms with Crippen molar-refractivity contribution in [2.24, 2.45) is 5.73 Å². The number of halogens is 2. The lowest BCUT2D eigenvalue weighted by Crippen LogP contribution is -2.48. The molecule has 1 unspecified atom stereocenters. The first kappa shape index (κ1) is 12.0. The third-order valence-electron chi connectivity index (χ3n) is 3.49. The Morgan fingerprint density at radius 1 is 1.50 bits per heavy atom. The van der Waals surface area contributed by atoms with Crippen molar-refractivity contribution < 1.29 is 9.13 Å². The van der Waals surface area contributed by atoms with Crippen molar-refractivity contribution in [2.75, 3.05) is 7.11 Å². The fraction of sp³-hybridized carbons (Fsp3) is 0.500. The molecule has 1 aromatic rings. The van der Waals surface area contributed by atoms with Crippen LogP contribution in [0.1, 0.15) is 30.9 Å². The second-order valence-corrected chi connectivity index (χ2v) is 5.10. The van der Waals surface area contributed by atoms with Gasteiger partial charge >= 0.3 is 0 Å². The Balaban J connectivity index is 2.33. The highest BCUT2D eigenvalue weighted by Crippen LogP contribution is 2.44. The summed E-state index contributed by atoms with van der Waals surface area (Å²) in [5, 5.41) is 0. The van der Waals surface area contributed by atoms with Crippen LogP contribution in [0, 0.1) is 5.82 Å². The number of methoxy groups -OCH3 is 1. The molecule has 1 atom stereocenters. The van der Waals surface area contributed by atoms with Gasteiger partial charge in [-0.15, -0.1) is 0 Å². The summed E-state index contributed by atoms with van der Waals surface area (Å²) in [5.74, 6) is -0.279. The van der Waals surface area contributed by atoms with Crippen LogP contribution in [0.15, 0.2) is 22.7 Å². The molecule has 1 aromatic carbocycles. The van der Waals surface area contributed by atoms with E-state index in [1.807, 2.05) is 0 Å². The molecule has 0 saturated heterocycles. The van der Waals surface area contributed by atoms with Gasteiger partial charge in [0.15, 0.2) is 0 Å². The van der Waals surface area contributed by atoms with Crippen LogP contribution >= 0.6 is 15.9 Å². The summed E-state index contributed by atoms with van der Waals surface area (Å²) in [6, 6.07) is 4.80. The Morgan fingerprint density at radius 3 is 2.69 bits per heavy atom. The number of nitrogens with two attached hydrogens (primary N) is 1. The molecule has 1 fully saturated rings. The lowest BCUT2D eigenvalue weighted by atomic mass is 9.72. The molecule has 2 rings (SSSR count). The van der Waals surface area contributed by atoms with E-state index < -0.39 is 6.04 Å². The molecule has 1 aliphatic rings. The van der Waals surface area contributed by atoms with Crippen molar-refractivity contribution >= 4 is 15.9 Å². The molecule has 0 radical (unpaired) electrons. The summed E-state index contributed by atoms with van der Waals surface area (Å²) in [6.07, 6.45) is 2.89. The van der Waals surface area contributed by atoms with Gasteiger partial charge in [-0.3, -0.25) is 0 Å². The minimum absolute atomic E-state index is 0.279. The summed E-state index contributed by atoms with van der Waals surface area (Å²) in [6.45, 7) is 0. The molecule has 2 N–H and O–H groups in total. The van der Waals surface area contributed by atoms with Gasteiger partial charge in [-0.05, 0) is 41.3 Å². The number of benzene rings is 1. The Kier molecular flexibility index (Phi) is 3.33. The molecule has 2 nitrogen and oxygen atoms in total. The Morgan fingerprint density at radius 2 is 2.19 bits per heavy atom. The maximum Gasteiger partial charge on any atom is 0.142 e. The second-order valence-electron chi connectivity index (χ2n) is 4.24. The molecule has 1 aliphatic carbocycles. The van der Waals surface area contributed by atoms with Gasteiger partial charge < -0.3 is 10.5 Å². The summed E-state index contributed by atoms with van der Waals surface area (Å²) < 4.78 is 19.8. The van der Waals surface area contributed by atoms with Crippen molar-refractivity contribution in [3.8, 4) is 0 Å². The van der Waals surface area contributed by atoms with Gasteiger partial charge in [0.2, 0.25) is 0 Å². The van der Waals surface area contributed by atoms with Crippen LogP contribution in [0.4, 0.5) is 4.39 Å². The quantitative estimate of drug-likeness (QED) is 0.927. The zero-order valence-electron chi connectivity index (χ0n) is 9.17. The molecule has 0 amide bonds. The van der Waals surface area contributed by atoms with Crippen LogP contribution in [0.5, 0.6) is 0 Å². The molecular weight excluding hydrogens is 273 g/mol. The van der Waals surface area contributed by atoms with Crippen LogP contribution in [0.3, 0.4) is 0 Å². The van der Waals surface area contributed by atoms with Crippen molar-refractivity contribution in [2.45, 2.75) is 30.9 Å². The van der Waals surface area contributed by atoms with E-state index in [1.165, 1.54) is 0 Å². The standard InChI is InChI=1S/C12H15BrFNO/c1-16-12(6-3-7-12)11(15)8-4-2-5-9(13)10(8)14/h2,4-5,11H,3,6-7,15H2,1H3. The molecule has 1 saturated carbocycles. The van der Waals surface area contributed by atoms with Gasteiger partial charge in [-0.1, -0.05) is 12.1 Å². The van der Waals surface area contributed by atoms with Gasteiger partial charge in [-0.25, -0.2) is 4.39 Å². The van der Waals surface area contributed by atoms with Crippen LogP contribution < -0.4 is 5.73 Å². The van der Waals surface area contributed by atoms with Crippen molar-refractivity contribution in [3.05, 3.63) is 34.1 Å². The van der Waals surface area contributed by atoms with Crippen molar-refractivity contribution in [1.29, 1.82) is 0 Å². The predicted octanol–water partition coefficient (Wildman–Crippen LogP) is 3.16. The van der Waals surface area contributed by atoms with E-state index >= 15 is 0 Å². The fourth-order valence-electron chi connectivity index (χ4n) is 2.21. The van der Waals surface area contributed by atoms with Gasteiger partial charge in [0.25, 0.3) is 0 Å². The first-order valence-corrected chi connectivity index (χ1v) is 6.15. The molecule has 88 valence electrons. The molecular formula is C12H15BrFNO. The van der Waals surface area contributed by atoms with E-state index in [9.17, 15) is 4.39 Å². The Hall–Kier alpha value is -0.450. The molecule has 0 heterocycles. The van der Waals surface area contributed by atoms with Crippen LogP contribution in [-0.4, -0.2) is 12.7 Å². The summed E-state index contributed by atoms with van der Waals surface area (Å²) >= 11 is 3.17. The third-order valence-corrected chi connectivity index (χ3v) is 4.10. The zero-order chi connectivity index (χ0) is 11.8. The number of hydrogen-bond acceptors (Lipinski definition) is 2. The number of rotatable bonds is 3. The van der Waals surface area contributed by atoms with Crippen molar-refractivity contribution in [3.63, 3.8) is 0 Å². The first-order valence-electron chi connectivity index (χ1n) is 5.35. The average molecular weight is 288 g/mol. The van der Waals surface area contributed by atoms with E-state index in [4.69, 9.17) is 10.5 Å². The van der Waals surface area contributed by atoms with E-state index in [2.05, 4.69) is 15.9 Å². The van der Waals surface area contributed by atoms with Crippen molar-refractivity contribution in [1.82, 2.24) is 0 Å². The topological polar surface area (TPSA) is 35.2 Å². The lowest BCUT2D eigenvalue weighted by Gasteiger charge is -2.45. The largest absolute Gasteiger partial charge is 0.376 e. The molecule has 4 heteroatoms. The monoisotopic (exact) mass is 287 g/mol. The predicted molar refractivity (Wildman–Crippen MR) is 64.6 cm³/mol. The molecule has 0 spiro atoms. The normalized spacial score (nSPS) is 20.2. The third kappa shape index (κ3) is 1.79. The Bertz CT molecular complexity index is 387. The minimum Gasteiger partial charge on any atom is -0.376 e. The SMILES string of the molecule is COC1(C(N)c2cccc(Br)c2F)CCC1. The second kappa shape index (κ2) is 4.43. The van der Waals surface area contributed by atoms with Gasteiger partial charge in [0.1, 0.15) is 5.82 Å². The maximum atomic E-state index is 13.9. The van der Waals surface area contributed by atoms with Gasteiger partial charge in [0.05, 0.1) is 16.1 Å². The minimum atomic E-state index is -0.399. The molecule has 0 aromatic heterocycles. The van der Waals surface area contributed by atoms with Crippen LogP contribution in [0.25, 0.3) is 0 Å². The molecule has 0 aliphatic heterocycles. The fourth-order valence-corrected chi connectivity index (χ4v) is 2.59. The summed E-state index contributed by atoms with van der Waals surface area (Å²) in [5.41, 5.74) is 6.28. The first-order chi connectivity index (χ1) is 7.60. The molecule has 16 heavy (non-hydrogen) atoms. The maximum absolute atomic E-state index is 13.9. The summed E-state index contributed by atoms with van der Waals surface area (Å²) in [7, 11) is 1.65. The highest BCUT2D eigenvalue weighted by Gasteiger charge is 2.44. The van der Waals surface area contributed by atoms with Crippen LogP contribution in [0.2, 0.25) is 0 Å². The van der Waals surface area contributed by atoms with Crippen LogP contribution in [-0.2, 0) is 4.74 Å². The van der Waals surface area contributed by atoms with Gasteiger partial charge in [-0.2, -0.15) is 0 Å². The zero-order valence-corrected chi connectivity index (χ0v) is 10.8. The van der Waals surface area contributed by atoms with Gasteiger partial charge in [0, 0.05) is 12.7 Å². The molecule has 0 bridgehead atoms. The summed E-state index contributed by atoms with van der Waals surface area (Å²) in [4.78, 5) is 0. The number of hydrogen-bond donors (Lipinski definition) is 1. The highest BCUT2D eigenvalue weighted by molar-refractivity contribution is 9.10. The van der Waals surface area contributed by atoms with E-state index in [0.717, 1.165) is 19.3 Å². The van der Waals surface area contributed by atoms with E-state index in [1.54, 1.807) is 25.3 Å². The smallest absolute Gasteiger partial charge is 0.142 e. The van der Waals surface area contributed by atoms with E-state index in [0.29, 0.717) is 10.0 Å². The Labute approximate surface area is 103 Å².